The van der Waals surface area contributed by atoms with Crippen LogP contribution in [0.4, 0.5) is 0 Å². The van der Waals surface area contributed by atoms with Gasteiger partial charge in [-0.1, -0.05) is 42.5 Å². The molecule has 5 nitrogen and oxygen atoms in total. The van der Waals surface area contributed by atoms with E-state index in [0.29, 0.717) is 23.8 Å². The van der Waals surface area contributed by atoms with Crippen LogP contribution < -0.4 is 15.6 Å². The number of ether oxygens (including phenoxy) is 1. The SMILES string of the molecule is COc1ccc(CN(Cc2cc3cc(C)c(C)cc3[nH]c2=O)C(=S)NC(C)c2ccccc2)cc1. The van der Waals surface area contributed by atoms with E-state index in [9.17, 15) is 4.79 Å². The maximum absolute atomic E-state index is 13.0. The van der Waals surface area contributed by atoms with E-state index >= 15 is 0 Å². The normalized spacial score (nSPS) is 11.8. The highest BCUT2D eigenvalue weighted by atomic mass is 32.1. The third kappa shape index (κ3) is 5.89. The Labute approximate surface area is 211 Å². The molecule has 0 fully saturated rings. The van der Waals surface area contributed by atoms with Crippen LogP contribution in [0.5, 0.6) is 5.75 Å². The summed E-state index contributed by atoms with van der Waals surface area (Å²) in [6, 6.07) is 24.2. The lowest BCUT2D eigenvalue weighted by Crippen LogP contribution is -2.41. The van der Waals surface area contributed by atoms with Gasteiger partial charge in [0.1, 0.15) is 5.75 Å². The smallest absolute Gasteiger partial charge is 0.253 e. The maximum atomic E-state index is 13.0. The molecule has 1 unspecified atom stereocenters. The van der Waals surface area contributed by atoms with Gasteiger partial charge in [-0.3, -0.25) is 4.79 Å². The monoisotopic (exact) mass is 485 g/mol. The van der Waals surface area contributed by atoms with E-state index in [1.165, 1.54) is 5.56 Å². The third-order valence-electron chi connectivity index (χ3n) is 6.36. The molecule has 0 saturated heterocycles. The van der Waals surface area contributed by atoms with Gasteiger partial charge in [0.25, 0.3) is 5.56 Å². The molecule has 4 rings (SSSR count). The number of pyridine rings is 1. The van der Waals surface area contributed by atoms with Crippen molar-refractivity contribution in [3.05, 3.63) is 111 Å². The molecule has 0 radical (unpaired) electrons. The topological polar surface area (TPSA) is 57.4 Å². The van der Waals surface area contributed by atoms with E-state index in [2.05, 4.69) is 49.3 Å². The molecule has 0 aliphatic carbocycles. The van der Waals surface area contributed by atoms with Crippen LogP contribution in [0.25, 0.3) is 10.9 Å². The van der Waals surface area contributed by atoms with E-state index in [-0.39, 0.29) is 11.6 Å². The number of thiocarbonyl (C=S) groups is 1. The van der Waals surface area contributed by atoms with Crippen LogP contribution in [0.3, 0.4) is 0 Å². The van der Waals surface area contributed by atoms with Crippen molar-refractivity contribution in [2.24, 2.45) is 0 Å². The summed E-state index contributed by atoms with van der Waals surface area (Å²) in [5, 5.41) is 5.06. The average molecular weight is 486 g/mol. The maximum Gasteiger partial charge on any atom is 0.253 e. The highest BCUT2D eigenvalue weighted by Gasteiger charge is 2.17. The van der Waals surface area contributed by atoms with Crippen LogP contribution in [0, 0.1) is 13.8 Å². The fourth-order valence-corrected chi connectivity index (χ4v) is 4.40. The van der Waals surface area contributed by atoms with E-state index in [0.717, 1.165) is 33.3 Å². The molecule has 0 aliphatic heterocycles. The number of nitrogens with zero attached hydrogens (tertiary/aromatic N) is 1. The molecule has 0 saturated carbocycles. The van der Waals surface area contributed by atoms with Crippen LogP contribution in [-0.2, 0) is 13.1 Å². The molecule has 0 bridgehead atoms. The van der Waals surface area contributed by atoms with E-state index in [1.54, 1.807) is 7.11 Å². The Hall–Kier alpha value is -3.64. The Kier molecular flexibility index (Phi) is 7.51. The molecule has 6 heteroatoms. The predicted octanol–water partition coefficient (Wildman–Crippen LogP) is 5.79. The fraction of sp³-hybridized carbons (Fsp3) is 0.241. The molecule has 1 atom stereocenters. The first-order chi connectivity index (χ1) is 16.8. The summed E-state index contributed by atoms with van der Waals surface area (Å²) in [7, 11) is 1.65. The van der Waals surface area contributed by atoms with Crippen molar-refractivity contribution in [1.82, 2.24) is 15.2 Å². The molecule has 3 aromatic carbocycles. The van der Waals surface area contributed by atoms with Gasteiger partial charge < -0.3 is 19.9 Å². The number of aromatic amines is 1. The van der Waals surface area contributed by atoms with Crippen molar-refractivity contribution in [2.75, 3.05) is 7.11 Å². The van der Waals surface area contributed by atoms with Gasteiger partial charge in [0.05, 0.1) is 19.7 Å². The van der Waals surface area contributed by atoms with Gasteiger partial charge in [-0.15, -0.1) is 0 Å². The number of benzene rings is 3. The Morgan fingerprint density at radius 2 is 1.69 bits per heavy atom. The number of aromatic nitrogens is 1. The Morgan fingerprint density at radius 1 is 1.00 bits per heavy atom. The zero-order valence-corrected chi connectivity index (χ0v) is 21.4. The largest absolute Gasteiger partial charge is 0.497 e. The van der Waals surface area contributed by atoms with Crippen molar-refractivity contribution in [1.29, 1.82) is 0 Å². The van der Waals surface area contributed by atoms with Crippen LogP contribution in [0.15, 0.2) is 77.6 Å². The molecular weight excluding hydrogens is 454 g/mol. The summed E-state index contributed by atoms with van der Waals surface area (Å²) in [6.45, 7) is 7.16. The molecular formula is C29H31N3O2S. The van der Waals surface area contributed by atoms with Crippen molar-refractivity contribution in [3.8, 4) is 5.75 Å². The summed E-state index contributed by atoms with van der Waals surface area (Å²) in [4.78, 5) is 18.1. The molecule has 2 N–H and O–H groups in total. The summed E-state index contributed by atoms with van der Waals surface area (Å²) in [6.07, 6.45) is 0. The average Bonchev–Trinajstić information content (AvgIpc) is 2.86. The van der Waals surface area contributed by atoms with Gasteiger partial charge in [-0.25, -0.2) is 0 Å². The van der Waals surface area contributed by atoms with Crippen LogP contribution in [-0.4, -0.2) is 22.1 Å². The first kappa shape index (κ1) is 24.5. The van der Waals surface area contributed by atoms with Gasteiger partial charge in [0, 0.05) is 17.6 Å². The Bertz CT molecular complexity index is 1380. The molecule has 0 amide bonds. The summed E-state index contributed by atoms with van der Waals surface area (Å²) in [5.41, 5.74) is 5.99. The highest BCUT2D eigenvalue weighted by molar-refractivity contribution is 7.80. The van der Waals surface area contributed by atoms with Crippen molar-refractivity contribution in [3.63, 3.8) is 0 Å². The molecule has 35 heavy (non-hydrogen) atoms. The zero-order valence-electron chi connectivity index (χ0n) is 20.6. The van der Waals surface area contributed by atoms with Crippen molar-refractivity contribution in [2.45, 2.75) is 39.9 Å². The minimum absolute atomic E-state index is 0.0302. The Morgan fingerprint density at radius 3 is 2.37 bits per heavy atom. The number of H-pyrrole nitrogens is 1. The highest BCUT2D eigenvalue weighted by Crippen LogP contribution is 2.20. The predicted molar refractivity (Wildman–Crippen MR) is 147 cm³/mol. The second kappa shape index (κ2) is 10.7. The summed E-state index contributed by atoms with van der Waals surface area (Å²) >= 11 is 5.85. The standard InChI is InChI=1S/C29H31N3O2S/c1-19-14-24-16-25(28(33)31-27(24)15-20(19)2)18-32(17-22-10-12-26(34-4)13-11-22)29(35)30-21(3)23-8-6-5-7-9-23/h5-16,21H,17-18H2,1-4H3,(H,30,35)(H,31,33). The number of nitrogens with one attached hydrogen (secondary N) is 2. The lowest BCUT2D eigenvalue weighted by molar-refractivity contribution is 0.390. The number of fused-ring (bicyclic) bond motifs is 1. The van der Waals surface area contributed by atoms with E-state index in [1.807, 2.05) is 59.5 Å². The van der Waals surface area contributed by atoms with Crippen LogP contribution >= 0.6 is 12.2 Å². The lowest BCUT2D eigenvalue weighted by atomic mass is 10.0. The van der Waals surface area contributed by atoms with Crippen molar-refractivity contribution < 1.29 is 4.74 Å². The van der Waals surface area contributed by atoms with Crippen LogP contribution in [0.2, 0.25) is 0 Å². The molecule has 180 valence electrons. The molecule has 0 spiro atoms. The van der Waals surface area contributed by atoms with Gasteiger partial charge in [0.2, 0.25) is 0 Å². The minimum atomic E-state index is -0.0978. The first-order valence-electron chi connectivity index (χ1n) is 11.7. The van der Waals surface area contributed by atoms with Gasteiger partial charge in [-0.2, -0.15) is 0 Å². The number of aryl methyl sites for hydroxylation is 2. The van der Waals surface area contributed by atoms with Crippen LogP contribution in [0.1, 0.15) is 40.8 Å². The minimum Gasteiger partial charge on any atom is -0.497 e. The fourth-order valence-electron chi connectivity index (χ4n) is 4.10. The van der Waals surface area contributed by atoms with E-state index in [4.69, 9.17) is 17.0 Å². The molecule has 1 heterocycles. The van der Waals surface area contributed by atoms with Crippen molar-refractivity contribution >= 4 is 28.2 Å². The van der Waals surface area contributed by atoms with Gasteiger partial charge >= 0.3 is 0 Å². The second-order valence-corrected chi connectivity index (χ2v) is 9.32. The lowest BCUT2D eigenvalue weighted by Gasteiger charge is -2.28. The summed E-state index contributed by atoms with van der Waals surface area (Å²) in [5.74, 6) is 0.801. The quantitative estimate of drug-likeness (QED) is 0.325. The van der Waals surface area contributed by atoms with E-state index < -0.39 is 0 Å². The molecule has 4 aromatic rings. The molecule has 0 aliphatic rings. The number of hydrogen-bond donors (Lipinski definition) is 2. The zero-order chi connectivity index (χ0) is 24.9. The van der Waals surface area contributed by atoms with Gasteiger partial charge in [-0.05, 0) is 91.0 Å². The summed E-state index contributed by atoms with van der Waals surface area (Å²) < 4.78 is 5.30. The number of methoxy groups -OCH3 is 1. The number of hydrogen-bond acceptors (Lipinski definition) is 3. The van der Waals surface area contributed by atoms with Gasteiger partial charge in [0.15, 0.2) is 5.11 Å². The third-order valence-corrected chi connectivity index (χ3v) is 6.73. The Balaban J connectivity index is 1.63. The number of rotatable bonds is 7. The molecule has 1 aromatic heterocycles. The first-order valence-corrected chi connectivity index (χ1v) is 12.1. The second-order valence-electron chi connectivity index (χ2n) is 8.93.